The number of carbonyl (C=O) groups excluding carboxylic acids is 1. The molecule has 1 aliphatic rings. The van der Waals surface area contributed by atoms with Crippen LogP contribution in [0.3, 0.4) is 0 Å². The number of aryl methyl sites for hydroxylation is 1. The second-order valence-corrected chi connectivity index (χ2v) is 6.20. The topological polar surface area (TPSA) is 58.1 Å². The Morgan fingerprint density at radius 2 is 2.10 bits per heavy atom. The van der Waals surface area contributed by atoms with Gasteiger partial charge in [0.05, 0.1) is 11.3 Å². The van der Waals surface area contributed by atoms with E-state index in [0.717, 1.165) is 43.6 Å². The molecule has 1 aromatic rings. The monoisotopic (exact) mass is 290 g/mol. The fraction of sp³-hybridized carbons (Fsp3) is 0.688. The van der Waals surface area contributed by atoms with Gasteiger partial charge in [0.1, 0.15) is 6.33 Å². The normalized spacial score (nSPS) is 23.0. The summed E-state index contributed by atoms with van der Waals surface area (Å²) in [4.78, 5) is 22.7. The van der Waals surface area contributed by atoms with Crippen molar-refractivity contribution in [1.29, 1.82) is 0 Å². The first-order valence-corrected chi connectivity index (χ1v) is 7.89. The molecule has 1 amide bonds. The molecule has 2 rings (SSSR count). The number of hydrogen-bond donors (Lipinski definition) is 1. The Hall–Kier alpha value is -1.49. The van der Waals surface area contributed by atoms with E-state index in [0.29, 0.717) is 12.1 Å². The third-order valence-electron chi connectivity index (χ3n) is 4.03. The molecule has 0 bridgehead atoms. The standard InChI is InChI=1S/C16H26N4O/c1-4-15-14(8-17-11-19-15)16(21)18-5-6-20-9-12(2)7-13(3)10-20/h8,11-13H,4-7,9-10H2,1-3H3,(H,18,21)/t12-,13-/m0/s1. The molecule has 1 saturated heterocycles. The third kappa shape index (κ3) is 4.49. The van der Waals surface area contributed by atoms with Gasteiger partial charge in [0.2, 0.25) is 0 Å². The quantitative estimate of drug-likeness (QED) is 0.897. The molecule has 5 heteroatoms. The zero-order valence-corrected chi connectivity index (χ0v) is 13.3. The van der Waals surface area contributed by atoms with E-state index in [1.54, 1.807) is 6.20 Å². The van der Waals surface area contributed by atoms with Crippen LogP contribution in [0.4, 0.5) is 0 Å². The Labute approximate surface area is 127 Å². The van der Waals surface area contributed by atoms with Crippen LogP contribution in [0, 0.1) is 11.8 Å². The number of piperidine rings is 1. The molecule has 1 N–H and O–H groups in total. The summed E-state index contributed by atoms with van der Waals surface area (Å²) in [7, 11) is 0. The van der Waals surface area contributed by atoms with Crippen LogP contribution in [0.2, 0.25) is 0 Å². The molecule has 116 valence electrons. The van der Waals surface area contributed by atoms with E-state index in [4.69, 9.17) is 0 Å². The van der Waals surface area contributed by atoms with Gasteiger partial charge in [0.25, 0.3) is 5.91 Å². The largest absolute Gasteiger partial charge is 0.351 e. The average Bonchev–Trinajstić information content (AvgIpc) is 2.46. The molecule has 2 heterocycles. The summed E-state index contributed by atoms with van der Waals surface area (Å²) in [6.07, 6.45) is 5.15. The highest BCUT2D eigenvalue weighted by Gasteiger charge is 2.21. The van der Waals surface area contributed by atoms with Crippen molar-refractivity contribution >= 4 is 5.91 Å². The zero-order valence-electron chi connectivity index (χ0n) is 13.3. The van der Waals surface area contributed by atoms with E-state index in [1.165, 1.54) is 12.7 Å². The molecular weight excluding hydrogens is 264 g/mol. The highest BCUT2D eigenvalue weighted by Crippen LogP contribution is 2.20. The van der Waals surface area contributed by atoms with E-state index < -0.39 is 0 Å². The smallest absolute Gasteiger partial charge is 0.254 e. The molecule has 1 fully saturated rings. The van der Waals surface area contributed by atoms with Gasteiger partial charge in [-0.05, 0) is 24.7 Å². The summed E-state index contributed by atoms with van der Waals surface area (Å²) >= 11 is 0. The lowest BCUT2D eigenvalue weighted by Crippen LogP contribution is -2.43. The zero-order chi connectivity index (χ0) is 15.2. The highest BCUT2D eigenvalue weighted by molar-refractivity contribution is 5.94. The third-order valence-corrected chi connectivity index (χ3v) is 4.03. The van der Waals surface area contributed by atoms with E-state index in [-0.39, 0.29) is 5.91 Å². The maximum atomic E-state index is 12.2. The van der Waals surface area contributed by atoms with Gasteiger partial charge in [0, 0.05) is 32.4 Å². The number of likely N-dealkylation sites (tertiary alicyclic amines) is 1. The second kappa shape index (κ2) is 7.50. The van der Waals surface area contributed by atoms with Crippen LogP contribution in [0.15, 0.2) is 12.5 Å². The van der Waals surface area contributed by atoms with Crippen molar-refractivity contribution in [3.63, 3.8) is 0 Å². The van der Waals surface area contributed by atoms with Gasteiger partial charge in [-0.3, -0.25) is 4.79 Å². The minimum atomic E-state index is -0.0643. The summed E-state index contributed by atoms with van der Waals surface area (Å²) in [5.74, 6) is 1.43. The molecule has 0 radical (unpaired) electrons. The van der Waals surface area contributed by atoms with E-state index in [9.17, 15) is 4.79 Å². The van der Waals surface area contributed by atoms with E-state index in [2.05, 4.69) is 34.0 Å². The first-order chi connectivity index (χ1) is 10.1. The Kier molecular flexibility index (Phi) is 5.67. The summed E-state index contributed by atoms with van der Waals surface area (Å²) in [6, 6.07) is 0. The van der Waals surface area contributed by atoms with Crippen molar-refractivity contribution in [3.8, 4) is 0 Å². The number of rotatable bonds is 5. The molecule has 0 aromatic carbocycles. The first kappa shape index (κ1) is 15.9. The van der Waals surface area contributed by atoms with Crippen LogP contribution in [0.1, 0.15) is 43.2 Å². The van der Waals surface area contributed by atoms with Crippen LogP contribution in [0.25, 0.3) is 0 Å². The Balaban J connectivity index is 1.81. The maximum Gasteiger partial charge on any atom is 0.254 e. The Morgan fingerprint density at radius 1 is 1.38 bits per heavy atom. The fourth-order valence-electron chi connectivity index (χ4n) is 3.22. The number of nitrogens with zero attached hydrogens (tertiary/aromatic N) is 3. The van der Waals surface area contributed by atoms with Gasteiger partial charge < -0.3 is 10.2 Å². The van der Waals surface area contributed by atoms with Crippen LogP contribution >= 0.6 is 0 Å². The molecule has 1 aromatic heterocycles. The van der Waals surface area contributed by atoms with Crippen molar-refractivity contribution < 1.29 is 4.79 Å². The van der Waals surface area contributed by atoms with Gasteiger partial charge >= 0.3 is 0 Å². The summed E-state index contributed by atoms with van der Waals surface area (Å²) < 4.78 is 0. The lowest BCUT2D eigenvalue weighted by Gasteiger charge is -2.34. The Morgan fingerprint density at radius 3 is 2.76 bits per heavy atom. The van der Waals surface area contributed by atoms with E-state index in [1.807, 2.05) is 6.92 Å². The van der Waals surface area contributed by atoms with Crippen molar-refractivity contribution in [2.45, 2.75) is 33.6 Å². The number of carbonyl (C=O) groups is 1. The van der Waals surface area contributed by atoms with Gasteiger partial charge in [0.15, 0.2) is 0 Å². The molecular formula is C16H26N4O. The lowest BCUT2D eigenvalue weighted by atomic mass is 9.92. The minimum Gasteiger partial charge on any atom is -0.351 e. The average molecular weight is 290 g/mol. The highest BCUT2D eigenvalue weighted by atomic mass is 16.1. The van der Waals surface area contributed by atoms with Crippen LogP contribution in [0.5, 0.6) is 0 Å². The predicted octanol–water partition coefficient (Wildman–Crippen LogP) is 1.75. The first-order valence-electron chi connectivity index (χ1n) is 7.89. The van der Waals surface area contributed by atoms with E-state index >= 15 is 0 Å². The van der Waals surface area contributed by atoms with Gasteiger partial charge in [-0.15, -0.1) is 0 Å². The summed E-state index contributed by atoms with van der Waals surface area (Å²) in [5.41, 5.74) is 1.41. The molecule has 1 aliphatic heterocycles. The number of amides is 1. The second-order valence-electron chi connectivity index (χ2n) is 6.20. The Bertz CT molecular complexity index is 467. The van der Waals surface area contributed by atoms with Crippen LogP contribution in [-0.2, 0) is 6.42 Å². The van der Waals surface area contributed by atoms with Gasteiger partial charge in [-0.2, -0.15) is 0 Å². The molecule has 5 nitrogen and oxygen atoms in total. The molecule has 0 spiro atoms. The van der Waals surface area contributed by atoms with Crippen molar-refractivity contribution in [1.82, 2.24) is 20.2 Å². The minimum absolute atomic E-state index is 0.0643. The predicted molar refractivity (Wildman–Crippen MR) is 83.1 cm³/mol. The summed E-state index contributed by atoms with van der Waals surface area (Å²) in [5, 5.41) is 2.99. The molecule has 0 aliphatic carbocycles. The summed E-state index contributed by atoms with van der Waals surface area (Å²) in [6.45, 7) is 10.5. The lowest BCUT2D eigenvalue weighted by molar-refractivity contribution is 0.0935. The molecule has 0 saturated carbocycles. The molecule has 0 unspecified atom stereocenters. The van der Waals surface area contributed by atoms with Crippen molar-refractivity contribution in [2.24, 2.45) is 11.8 Å². The van der Waals surface area contributed by atoms with Gasteiger partial charge in [-0.25, -0.2) is 9.97 Å². The van der Waals surface area contributed by atoms with Crippen molar-refractivity contribution in [3.05, 3.63) is 23.8 Å². The van der Waals surface area contributed by atoms with Crippen LogP contribution < -0.4 is 5.32 Å². The number of aromatic nitrogens is 2. The maximum absolute atomic E-state index is 12.2. The molecule has 2 atom stereocenters. The fourth-order valence-corrected chi connectivity index (χ4v) is 3.22. The van der Waals surface area contributed by atoms with Crippen LogP contribution in [-0.4, -0.2) is 47.0 Å². The van der Waals surface area contributed by atoms with Gasteiger partial charge in [-0.1, -0.05) is 20.8 Å². The van der Waals surface area contributed by atoms with Crippen molar-refractivity contribution in [2.75, 3.05) is 26.2 Å². The molecule has 21 heavy (non-hydrogen) atoms. The number of nitrogens with one attached hydrogen (secondary N) is 1. The number of hydrogen-bond acceptors (Lipinski definition) is 4. The SMILES string of the molecule is CCc1ncncc1C(=O)NCCN1C[C@@H](C)C[C@H](C)C1.